The third-order valence-corrected chi connectivity index (χ3v) is 4.71. The van der Waals surface area contributed by atoms with Gasteiger partial charge in [-0.3, -0.25) is 4.40 Å². The average molecular weight is 317 g/mol. The number of thioether (sulfide) groups is 1. The van der Waals surface area contributed by atoms with Gasteiger partial charge < -0.3 is 5.11 Å². The molecule has 3 rings (SSSR count). The van der Waals surface area contributed by atoms with Gasteiger partial charge in [0.25, 0.3) is 0 Å². The van der Waals surface area contributed by atoms with Crippen LogP contribution in [0, 0.1) is 0 Å². The van der Waals surface area contributed by atoms with Crippen LogP contribution >= 0.6 is 23.5 Å². The topological polar surface area (TPSA) is 67.5 Å². The van der Waals surface area contributed by atoms with E-state index in [0.717, 1.165) is 10.5 Å². The molecule has 1 aromatic carbocycles. The van der Waals surface area contributed by atoms with Gasteiger partial charge in [0.1, 0.15) is 0 Å². The number of benzene rings is 1. The monoisotopic (exact) mass is 317 g/mol. The van der Waals surface area contributed by atoms with E-state index in [1.165, 1.54) is 23.5 Å². The molecule has 3 aromatic rings. The van der Waals surface area contributed by atoms with Gasteiger partial charge in [-0.05, 0) is 42.3 Å². The van der Waals surface area contributed by atoms with Crippen LogP contribution < -0.4 is 0 Å². The van der Waals surface area contributed by atoms with Crippen LogP contribution in [0.25, 0.3) is 5.65 Å². The molecule has 2 heterocycles. The number of aromatic nitrogens is 3. The first-order valence-electron chi connectivity index (χ1n) is 6.08. The summed E-state index contributed by atoms with van der Waals surface area (Å²) in [5.74, 6) is -0.934. The van der Waals surface area contributed by atoms with Gasteiger partial charge >= 0.3 is 5.97 Å². The highest BCUT2D eigenvalue weighted by atomic mass is 32.2. The van der Waals surface area contributed by atoms with E-state index in [2.05, 4.69) is 10.2 Å². The molecule has 106 valence electrons. The predicted molar refractivity (Wildman–Crippen MR) is 82.3 cm³/mol. The predicted octanol–water partition coefficient (Wildman–Crippen LogP) is 3.30. The second kappa shape index (κ2) is 5.79. The molecule has 0 spiro atoms. The second-order valence-electron chi connectivity index (χ2n) is 4.15. The molecular formula is C14H11N3O2S2. The molecule has 0 amide bonds. The van der Waals surface area contributed by atoms with Gasteiger partial charge in [0.15, 0.2) is 10.8 Å². The maximum Gasteiger partial charge on any atom is 0.337 e. The number of carboxylic acids is 1. The van der Waals surface area contributed by atoms with Gasteiger partial charge in [-0.2, -0.15) is 0 Å². The second-order valence-corrected chi connectivity index (χ2v) is 6.01. The van der Waals surface area contributed by atoms with Crippen LogP contribution in [-0.4, -0.2) is 31.9 Å². The highest BCUT2D eigenvalue weighted by Gasteiger charge is 2.17. The number of pyridine rings is 1. The van der Waals surface area contributed by atoms with E-state index >= 15 is 0 Å². The Balaban J connectivity index is 2.08. The summed E-state index contributed by atoms with van der Waals surface area (Å²) >= 11 is 2.72. The third-order valence-electron chi connectivity index (χ3n) is 2.91. The lowest BCUT2D eigenvalue weighted by atomic mass is 10.2. The Morgan fingerprint density at radius 3 is 2.71 bits per heavy atom. The van der Waals surface area contributed by atoms with Gasteiger partial charge in [0, 0.05) is 16.0 Å². The molecule has 1 N–H and O–H groups in total. The molecule has 0 bridgehead atoms. The fourth-order valence-electron chi connectivity index (χ4n) is 1.96. The van der Waals surface area contributed by atoms with Crippen LogP contribution in [0.4, 0.5) is 0 Å². The smallest absolute Gasteiger partial charge is 0.337 e. The highest BCUT2D eigenvalue weighted by molar-refractivity contribution is 7.99. The number of carboxylic acid groups (broad SMARTS) is 1. The fraction of sp³-hybridized carbons (Fsp3) is 0.0714. The minimum atomic E-state index is -0.934. The molecule has 0 atom stereocenters. The maximum absolute atomic E-state index is 11.5. The van der Waals surface area contributed by atoms with Crippen molar-refractivity contribution in [2.45, 2.75) is 14.9 Å². The first-order valence-corrected chi connectivity index (χ1v) is 8.12. The number of hydrogen-bond acceptors (Lipinski definition) is 5. The molecule has 0 saturated heterocycles. The molecule has 0 fully saturated rings. The SMILES string of the molecule is CSc1cccc(Sc2nnc3ccccn23)c1C(=O)O. The van der Waals surface area contributed by atoms with E-state index in [9.17, 15) is 9.90 Å². The van der Waals surface area contributed by atoms with Crippen molar-refractivity contribution < 1.29 is 9.90 Å². The number of rotatable bonds is 4. The summed E-state index contributed by atoms with van der Waals surface area (Å²) in [7, 11) is 0. The molecule has 0 radical (unpaired) electrons. The van der Waals surface area contributed by atoms with E-state index in [1.807, 2.05) is 41.1 Å². The van der Waals surface area contributed by atoms with Crippen molar-refractivity contribution in [2.75, 3.05) is 6.26 Å². The summed E-state index contributed by atoms with van der Waals surface area (Å²) in [5, 5.41) is 18.3. The number of aromatic carboxylic acids is 1. The van der Waals surface area contributed by atoms with Crippen LogP contribution in [0.15, 0.2) is 57.5 Å². The zero-order chi connectivity index (χ0) is 14.8. The summed E-state index contributed by atoms with van der Waals surface area (Å²) < 4.78 is 1.84. The molecule has 0 aliphatic carbocycles. The van der Waals surface area contributed by atoms with Crippen molar-refractivity contribution in [3.63, 3.8) is 0 Å². The van der Waals surface area contributed by atoms with Gasteiger partial charge in [-0.15, -0.1) is 22.0 Å². The summed E-state index contributed by atoms with van der Waals surface area (Å²) in [5.41, 5.74) is 1.04. The first-order chi connectivity index (χ1) is 10.2. The van der Waals surface area contributed by atoms with E-state index < -0.39 is 5.97 Å². The molecule has 21 heavy (non-hydrogen) atoms. The lowest BCUT2D eigenvalue weighted by Crippen LogP contribution is -2.01. The standard InChI is InChI=1S/C14H11N3O2S2/c1-20-9-5-4-6-10(12(9)13(18)19)21-14-16-15-11-7-2-3-8-17(11)14/h2-8H,1H3,(H,18,19). The Kier molecular flexibility index (Phi) is 3.85. The molecule has 7 heteroatoms. The zero-order valence-electron chi connectivity index (χ0n) is 11.1. The lowest BCUT2D eigenvalue weighted by molar-refractivity contribution is 0.0689. The van der Waals surface area contributed by atoms with Crippen molar-refractivity contribution >= 4 is 35.1 Å². The summed E-state index contributed by atoms with van der Waals surface area (Å²) in [6, 6.07) is 11.1. The van der Waals surface area contributed by atoms with E-state index in [4.69, 9.17) is 0 Å². The fourth-order valence-corrected chi connectivity index (χ4v) is 3.62. The van der Waals surface area contributed by atoms with Crippen molar-refractivity contribution in [3.05, 3.63) is 48.2 Å². The summed E-state index contributed by atoms with van der Waals surface area (Å²) in [4.78, 5) is 12.9. The number of nitrogens with zero attached hydrogens (tertiary/aromatic N) is 3. The minimum absolute atomic E-state index is 0.308. The van der Waals surface area contributed by atoms with Crippen LogP contribution in [0.2, 0.25) is 0 Å². The lowest BCUT2D eigenvalue weighted by Gasteiger charge is -2.08. The highest BCUT2D eigenvalue weighted by Crippen LogP contribution is 2.34. The Labute approximate surface area is 129 Å². The van der Waals surface area contributed by atoms with Crippen LogP contribution in [-0.2, 0) is 0 Å². The molecule has 0 aliphatic heterocycles. The maximum atomic E-state index is 11.5. The summed E-state index contributed by atoms with van der Waals surface area (Å²) in [6.45, 7) is 0. The minimum Gasteiger partial charge on any atom is -0.478 e. The van der Waals surface area contributed by atoms with Crippen molar-refractivity contribution in [3.8, 4) is 0 Å². The number of fused-ring (bicyclic) bond motifs is 1. The molecular weight excluding hydrogens is 306 g/mol. The van der Waals surface area contributed by atoms with E-state index in [1.54, 1.807) is 12.1 Å². The Hall–Kier alpha value is -1.99. The van der Waals surface area contributed by atoms with Crippen molar-refractivity contribution in [1.82, 2.24) is 14.6 Å². The largest absolute Gasteiger partial charge is 0.478 e. The molecule has 0 unspecified atom stereocenters. The first kappa shape index (κ1) is 14.0. The molecule has 5 nitrogen and oxygen atoms in total. The Morgan fingerprint density at radius 2 is 1.95 bits per heavy atom. The van der Waals surface area contributed by atoms with E-state index in [-0.39, 0.29) is 0 Å². The molecule has 0 saturated carbocycles. The zero-order valence-corrected chi connectivity index (χ0v) is 12.7. The third kappa shape index (κ3) is 2.62. The van der Waals surface area contributed by atoms with Crippen LogP contribution in [0.5, 0.6) is 0 Å². The number of carbonyl (C=O) groups is 1. The number of hydrogen-bond donors (Lipinski definition) is 1. The van der Waals surface area contributed by atoms with Gasteiger partial charge in [0.2, 0.25) is 0 Å². The van der Waals surface area contributed by atoms with E-state index in [0.29, 0.717) is 15.6 Å². The molecule has 2 aromatic heterocycles. The Bertz CT molecular complexity index is 817. The van der Waals surface area contributed by atoms with Gasteiger partial charge in [-0.25, -0.2) is 4.79 Å². The summed E-state index contributed by atoms with van der Waals surface area (Å²) in [6.07, 6.45) is 3.72. The Morgan fingerprint density at radius 1 is 1.14 bits per heavy atom. The van der Waals surface area contributed by atoms with Gasteiger partial charge in [-0.1, -0.05) is 12.1 Å². The molecule has 0 aliphatic rings. The van der Waals surface area contributed by atoms with Gasteiger partial charge in [0.05, 0.1) is 5.56 Å². The van der Waals surface area contributed by atoms with Crippen LogP contribution in [0.1, 0.15) is 10.4 Å². The average Bonchev–Trinajstić information content (AvgIpc) is 2.90. The quantitative estimate of drug-likeness (QED) is 0.745. The van der Waals surface area contributed by atoms with Crippen molar-refractivity contribution in [2.24, 2.45) is 0 Å². The van der Waals surface area contributed by atoms with Crippen molar-refractivity contribution in [1.29, 1.82) is 0 Å². The van der Waals surface area contributed by atoms with Crippen LogP contribution in [0.3, 0.4) is 0 Å². The normalized spacial score (nSPS) is 10.9.